The van der Waals surface area contributed by atoms with Crippen LogP contribution in [0.3, 0.4) is 0 Å². The van der Waals surface area contributed by atoms with E-state index in [0.29, 0.717) is 11.1 Å². The summed E-state index contributed by atoms with van der Waals surface area (Å²) in [5, 5.41) is 11.7. The lowest BCUT2D eigenvalue weighted by atomic mass is 10.0. The van der Waals surface area contributed by atoms with E-state index in [2.05, 4.69) is 5.32 Å². The number of amides is 1. The summed E-state index contributed by atoms with van der Waals surface area (Å²) in [4.78, 5) is 23.5. The Balaban J connectivity index is 2.07. The van der Waals surface area contributed by atoms with E-state index in [1.807, 2.05) is 0 Å². The number of hydrogen-bond acceptors (Lipinski definition) is 3. The Morgan fingerprint density at radius 1 is 1.13 bits per heavy atom. The van der Waals surface area contributed by atoms with Gasteiger partial charge in [0.1, 0.15) is 17.9 Å². The van der Waals surface area contributed by atoms with Crippen molar-refractivity contribution in [3.8, 4) is 0 Å². The Morgan fingerprint density at radius 3 is 2.43 bits per heavy atom. The molecule has 0 aromatic heterocycles. The molecule has 0 spiro atoms. The zero-order valence-electron chi connectivity index (χ0n) is 12.3. The number of carboxylic acid groups (broad SMARTS) is 1. The molecule has 0 fully saturated rings. The predicted molar refractivity (Wildman–Crippen MR) is 83.0 cm³/mol. The number of hydrogen-bond donors (Lipinski definition) is 3. The Labute approximate surface area is 132 Å². The first-order valence-corrected chi connectivity index (χ1v) is 7.05. The molecule has 0 aliphatic rings. The molecule has 5 nitrogen and oxygen atoms in total. The average Bonchev–Trinajstić information content (AvgIpc) is 2.54. The highest BCUT2D eigenvalue weighted by atomic mass is 19.1. The van der Waals surface area contributed by atoms with Crippen molar-refractivity contribution < 1.29 is 19.1 Å². The Morgan fingerprint density at radius 2 is 1.83 bits per heavy atom. The number of carbonyl (C=O) groups is 2. The van der Waals surface area contributed by atoms with Crippen molar-refractivity contribution in [2.75, 3.05) is 0 Å². The lowest BCUT2D eigenvalue weighted by Gasteiger charge is -2.18. The van der Waals surface area contributed by atoms with Gasteiger partial charge in [-0.1, -0.05) is 42.5 Å². The number of halogens is 1. The van der Waals surface area contributed by atoms with Gasteiger partial charge in [-0.3, -0.25) is 4.79 Å². The van der Waals surface area contributed by atoms with Crippen LogP contribution in [0.1, 0.15) is 17.2 Å². The van der Waals surface area contributed by atoms with Crippen LogP contribution in [0.2, 0.25) is 0 Å². The summed E-state index contributed by atoms with van der Waals surface area (Å²) in [7, 11) is 0. The molecule has 0 bridgehead atoms. The summed E-state index contributed by atoms with van der Waals surface area (Å²) in [5.74, 6) is -2.26. The first-order valence-electron chi connectivity index (χ1n) is 7.05. The fourth-order valence-electron chi connectivity index (χ4n) is 2.17. The number of rotatable bonds is 6. The number of carbonyl (C=O) groups excluding carboxylic acids is 1. The highest BCUT2D eigenvalue weighted by molar-refractivity contribution is 5.87. The fraction of sp³-hybridized carbons (Fsp3) is 0.176. The van der Waals surface area contributed by atoms with Gasteiger partial charge in [0.2, 0.25) is 5.91 Å². The van der Waals surface area contributed by atoms with Crippen LogP contribution < -0.4 is 11.1 Å². The van der Waals surface area contributed by atoms with Gasteiger partial charge in [-0.25, -0.2) is 9.18 Å². The smallest absolute Gasteiger partial charge is 0.326 e. The minimum atomic E-state index is -1.21. The molecule has 0 radical (unpaired) electrons. The van der Waals surface area contributed by atoms with Crippen LogP contribution in [0.4, 0.5) is 4.39 Å². The lowest BCUT2D eigenvalue weighted by molar-refractivity contribution is -0.142. The number of benzene rings is 2. The van der Waals surface area contributed by atoms with Crippen LogP contribution in [0, 0.1) is 5.82 Å². The summed E-state index contributed by atoms with van der Waals surface area (Å²) in [6.45, 7) is 0. The van der Waals surface area contributed by atoms with Crippen molar-refractivity contribution >= 4 is 11.9 Å². The van der Waals surface area contributed by atoms with Crippen molar-refractivity contribution in [1.29, 1.82) is 0 Å². The number of carboxylic acids is 1. The molecule has 1 unspecified atom stereocenters. The van der Waals surface area contributed by atoms with Crippen LogP contribution >= 0.6 is 0 Å². The largest absolute Gasteiger partial charge is 0.480 e. The second-order valence-electron chi connectivity index (χ2n) is 5.12. The molecule has 6 heteroatoms. The topological polar surface area (TPSA) is 92.4 Å². The predicted octanol–water partition coefficient (Wildman–Crippen LogP) is 1.64. The maximum absolute atomic E-state index is 13.2. The molecule has 0 aliphatic carbocycles. The zero-order chi connectivity index (χ0) is 16.8. The molecule has 120 valence electrons. The third kappa shape index (κ3) is 4.62. The first-order chi connectivity index (χ1) is 11.0. The third-order valence-corrected chi connectivity index (χ3v) is 3.38. The molecule has 4 N–H and O–H groups in total. The number of nitrogens with two attached hydrogens (primary N) is 1. The van der Waals surface area contributed by atoms with E-state index < -0.39 is 29.8 Å². The molecule has 2 aromatic carbocycles. The van der Waals surface area contributed by atoms with E-state index in [1.165, 1.54) is 18.2 Å². The van der Waals surface area contributed by atoms with Gasteiger partial charge in [-0.05, 0) is 23.3 Å². The number of aliphatic carboxylic acids is 1. The SMILES string of the molecule is N[C@H](C(=O)NC(Cc1cccc(F)c1)C(=O)O)c1ccccc1. The summed E-state index contributed by atoms with van der Waals surface area (Å²) in [6.07, 6.45) is -0.0274. The van der Waals surface area contributed by atoms with E-state index in [9.17, 15) is 19.1 Å². The molecule has 1 amide bonds. The zero-order valence-corrected chi connectivity index (χ0v) is 12.3. The van der Waals surface area contributed by atoms with Gasteiger partial charge in [-0.2, -0.15) is 0 Å². The van der Waals surface area contributed by atoms with E-state index in [-0.39, 0.29) is 6.42 Å². The first kappa shape index (κ1) is 16.6. The highest BCUT2D eigenvalue weighted by Crippen LogP contribution is 2.11. The van der Waals surface area contributed by atoms with Gasteiger partial charge in [-0.15, -0.1) is 0 Å². The van der Waals surface area contributed by atoms with E-state index in [1.54, 1.807) is 36.4 Å². The molecular weight excluding hydrogens is 299 g/mol. The summed E-state index contributed by atoms with van der Waals surface area (Å²) >= 11 is 0. The second-order valence-corrected chi connectivity index (χ2v) is 5.12. The van der Waals surface area contributed by atoms with E-state index in [4.69, 9.17) is 5.73 Å². The van der Waals surface area contributed by atoms with Crippen LogP contribution in [0.25, 0.3) is 0 Å². The fourth-order valence-corrected chi connectivity index (χ4v) is 2.17. The Hall–Kier alpha value is -2.73. The van der Waals surface area contributed by atoms with Gasteiger partial charge in [0.25, 0.3) is 0 Å². The number of nitrogens with one attached hydrogen (secondary N) is 1. The molecule has 2 atom stereocenters. The molecular formula is C17H17FN2O3. The molecule has 0 aliphatic heterocycles. The minimum absolute atomic E-state index is 0.0274. The maximum atomic E-state index is 13.2. The van der Waals surface area contributed by atoms with Crippen LogP contribution in [0.15, 0.2) is 54.6 Å². The van der Waals surface area contributed by atoms with Gasteiger partial charge in [0.05, 0.1) is 0 Å². The van der Waals surface area contributed by atoms with Gasteiger partial charge in [0.15, 0.2) is 0 Å². The molecule has 2 rings (SSSR count). The van der Waals surface area contributed by atoms with Crippen molar-refractivity contribution in [2.45, 2.75) is 18.5 Å². The van der Waals surface area contributed by atoms with Crippen LogP contribution in [-0.4, -0.2) is 23.0 Å². The normalized spacial score (nSPS) is 13.1. The standard InChI is InChI=1S/C17H17FN2O3/c18-13-8-4-5-11(9-13)10-14(17(22)23)20-16(21)15(19)12-6-2-1-3-7-12/h1-9,14-15H,10,19H2,(H,20,21)(H,22,23)/t14?,15-/m0/s1. The Kier molecular flexibility index (Phi) is 5.43. The molecule has 0 saturated heterocycles. The molecule has 2 aromatic rings. The van der Waals surface area contributed by atoms with Crippen LogP contribution in [0.5, 0.6) is 0 Å². The van der Waals surface area contributed by atoms with E-state index >= 15 is 0 Å². The van der Waals surface area contributed by atoms with Crippen molar-refractivity contribution in [3.63, 3.8) is 0 Å². The quantitative estimate of drug-likeness (QED) is 0.755. The summed E-state index contributed by atoms with van der Waals surface area (Å²) < 4.78 is 13.2. The van der Waals surface area contributed by atoms with Crippen molar-refractivity contribution in [1.82, 2.24) is 5.32 Å². The van der Waals surface area contributed by atoms with Crippen molar-refractivity contribution in [3.05, 3.63) is 71.5 Å². The molecule has 0 heterocycles. The minimum Gasteiger partial charge on any atom is -0.480 e. The summed E-state index contributed by atoms with van der Waals surface area (Å²) in [6, 6.07) is 12.1. The second kappa shape index (κ2) is 7.51. The molecule has 23 heavy (non-hydrogen) atoms. The van der Waals surface area contributed by atoms with Crippen LogP contribution in [-0.2, 0) is 16.0 Å². The summed E-state index contributed by atoms with van der Waals surface area (Å²) in [5.41, 5.74) is 6.90. The third-order valence-electron chi connectivity index (χ3n) is 3.38. The van der Waals surface area contributed by atoms with Crippen molar-refractivity contribution in [2.24, 2.45) is 5.73 Å². The maximum Gasteiger partial charge on any atom is 0.326 e. The Bertz CT molecular complexity index is 691. The lowest BCUT2D eigenvalue weighted by Crippen LogP contribution is -2.46. The van der Waals surface area contributed by atoms with E-state index in [0.717, 1.165) is 0 Å². The highest BCUT2D eigenvalue weighted by Gasteiger charge is 2.24. The molecule has 0 saturated carbocycles. The van der Waals surface area contributed by atoms with Gasteiger partial charge in [0, 0.05) is 6.42 Å². The average molecular weight is 316 g/mol. The van der Waals surface area contributed by atoms with Gasteiger partial charge >= 0.3 is 5.97 Å². The monoisotopic (exact) mass is 316 g/mol. The van der Waals surface area contributed by atoms with Gasteiger partial charge < -0.3 is 16.2 Å².